The maximum absolute atomic E-state index is 5.89. The fourth-order valence-electron chi connectivity index (χ4n) is 1.53. The van der Waals surface area contributed by atoms with Crippen LogP contribution in [0.2, 0.25) is 0 Å². The van der Waals surface area contributed by atoms with Crippen molar-refractivity contribution in [3.05, 3.63) is 50.8 Å². The van der Waals surface area contributed by atoms with E-state index in [9.17, 15) is 0 Å². The SMILES string of the molecule is CC1=CC[C]([Zr][O]c2ccccc2)=C1C.Cl.Cl. The molecular weight excluding hydrogens is 334 g/mol. The van der Waals surface area contributed by atoms with Gasteiger partial charge in [-0.3, -0.25) is 0 Å². The maximum Gasteiger partial charge on any atom is -0.147 e. The molecule has 0 atom stereocenters. The zero-order chi connectivity index (χ0) is 10.7. The van der Waals surface area contributed by atoms with Crippen molar-refractivity contribution in [2.45, 2.75) is 20.3 Å². The molecule has 0 unspecified atom stereocenters. The predicted molar refractivity (Wildman–Crippen MR) is 72.6 cm³/mol. The Bertz CT molecular complexity index is 413. The van der Waals surface area contributed by atoms with Crippen LogP contribution in [0.4, 0.5) is 0 Å². The third-order valence-electron chi connectivity index (χ3n) is 2.69. The average molecular weight is 350 g/mol. The van der Waals surface area contributed by atoms with Crippen molar-refractivity contribution in [2.75, 3.05) is 0 Å². The largest absolute Gasteiger partial charge is 0.147 e. The van der Waals surface area contributed by atoms with Crippen LogP contribution < -0.4 is 2.81 Å². The van der Waals surface area contributed by atoms with Gasteiger partial charge in [0.2, 0.25) is 0 Å². The zero-order valence-electron chi connectivity index (χ0n) is 9.90. The van der Waals surface area contributed by atoms with Crippen molar-refractivity contribution < 1.29 is 26.5 Å². The van der Waals surface area contributed by atoms with Crippen LogP contribution in [0, 0.1) is 0 Å². The topological polar surface area (TPSA) is 9.23 Å². The second kappa shape index (κ2) is 8.13. The van der Waals surface area contributed by atoms with Crippen LogP contribution in [0.1, 0.15) is 20.3 Å². The Balaban J connectivity index is 0.00000128. The summed E-state index contributed by atoms with van der Waals surface area (Å²) in [5.41, 5.74) is 2.90. The van der Waals surface area contributed by atoms with Gasteiger partial charge < -0.3 is 0 Å². The summed E-state index contributed by atoms with van der Waals surface area (Å²) in [6.45, 7) is 4.40. The van der Waals surface area contributed by atoms with Crippen molar-refractivity contribution in [1.82, 2.24) is 0 Å². The summed E-state index contributed by atoms with van der Waals surface area (Å²) >= 11 is -0.848. The third-order valence-corrected chi connectivity index (χ3v) is 5.55. The second-order valence-electron chi connectivity index (χ2n) is 3.71. The van der Waals surface area contributed by atoms with Crippen molar-refractivity contribution in [2.24, 2.45) is 0 Å². The quantitative estimate of drug-likeness (QED) is 0.778. The van der Waals surface area contributed by atoms with Crippen LogP contribution in [0.25, 0.3) is 0 Å². The molecule has 0 aliphatic heterocycles. The molecule has 0 amide bonds. The summed E-state index contributed by atoms with van der Waals surface area (Å²) in [7, 11) is 0. The predicted octanol–water partition coefficient (Wildman–Crippen LogP) is 4.53. The molecule has 1 aromatic rings. The van der Waals surface area contributed by atoms with E-state index in [1.54, 1.807) is 3.28 Å². The Labute approximate surface area is 127 Å². The fourth-order valence-corrected chi connectivity index (χ4v) is 3.77. The van der Waals surface area contributed by atoms with Crippen molar-refractivity contribution >= 4 is 24.8 Å². The van der Waals surface area contributed by atoms with E-state index in [-0.39, 0.29) is 24.8 Å². The molecular formula is C13H16Cl2OZr. The number of benzene rings is 1. The smallest absolute Gasteiger partial charge is 0.147 e. The van der Waals surface area contributed by atoms with Crippen molar-refractivity contribution in [3.63, 3.8) is 0 Å². The molecule has 1 aromatic carbocycles. The standard InChI is InChI=1S/C7H9.C6H6O.2ClH.Zr/c1-6-4-3-5-7(6)2;7-6-4-2-1-3-5-6;;;/h4H,3H2,1-2H3;1-5,7H;2*1H;/q;;;;+1/p-1. The number of rotatable bonds is 3. The Kier molecular flexibility index (Phi) is 8.12. The van der Waals surface area contributed by atoms with Crippen LogP contribution in [0.15, 0.2) is 50.8 Å². The second-order valence-corrected chi connectivity index (χ2v) is 6.20. The van der Waals surface area contributed by atoms with Crippen LogP contribution in [0.3, 0.4) is 0 Å². The van der Waals surface area contributed by atoms with Crippen LogP contribution >= 0.6 is 24.8 Å². The van der Waals surface area contributed by atoms with Crippen molar-refractivity contribution in [3.8, 4) is 5.75 Å². The van der Waals surface area contributed by atoms with Gasteiger partial charge in [-0.2, -0.15) is 0 Å². The molecule has 92 valence electrons. The van der Waals surface area contributed by atoms with E-state index in [2.05, 4.69) is 19.9 Å². The van der Waals surface area contributed by atoms with Gasteiger partial charge in [0, 0.05) is 0 Å². The first-order chi connectivity index (χ1) is 7.27. The molecule has 0 saturated carbocycles. The molecule has 0 bridgehead atoms. The van der Waals surface area contributed by atoms with Gasteiger partial charge >= 0.3 is 103 Å². The Hall–Kier alpha value is -0.0369. The third kappa shape index (κ3) is 4.62. The molecule has 0 N–H and O–H groups in total. The van der Waals surface area contributed by atoms with E-state index >= 15 is 0 Å². The molecule has 0 radical (unpaired) electrons. The maximum atomic E-state index is 5.89. The van der Waals surface area contributed by atoms with Gasteiger partial charge in [-0.1, -0.05) is 0 Å². The van der Waals surface area contributed by atoms with Gasteiger partial charge in [-0.05, 0) is 0 Å². The monoisotopic (exact) mass is 348 g/mol. The molecule has 2 rings (SSSR count). The molecule has 0 saturated heterocycles. The summed E-state index contributed by atoms with van der Waals surface area (Å²) in [4.78, 5) is 0. The summed E-state index contributed by atoms with van der Waals surface area (Å²) < 4.78 is 7.46. The van der Waals surface area contributed by atoms with Gasteiger partial charge in [-0.15, -0.1) is 24.8 Å². The van der Waals surface area contributed by atoms with E-state index in [0.29, 0.717) is 0 Å². The number of hydrogen-bond acceptors (Lipinski definition) is 1. The zero-order valence-corrected chi connectivity index (χ0v) is 14.0. The normalized spacial score (nSPS) is 13.4. The van der Waals surface area contributed by atoms with E-state index in [4.69, 9.17) is 2.81 Å². The van der Waals surface area contributed by atoms with E-state index in [1.807, 2.05) is 30.3 Å². The Morgan fingerprint density at radius 2 is 1.71 bits per heavy atom. The molecule has 0 spiro atoms. The molecule has 0 fully saturated rings. The summed E-state index contributed by atoms with van der Waals surface area (Å²) in [5.74, 6) is 1.02. The summed E-state index contributed by atoms with van der Waals surface area (Å²) in [6.07, 6.45) is 3.43. The van der Waals surface area contributed by atoms with Crippen LogP contribution in [0.5, 0.6) is 5.75 Å². The van der Waals surface area contributed by atoms with Gasteiger partial charge in [0.15, 0.2) is 0 Å². The number of allylic oxidation sites excluding steroid dienone is 4. The Morgan fingerprint density at radius 3 is 2.24 bits per heavy atom. The van der Waals surface area contributed by atoms with Gasteiger partial charge in [0.1, 0.15) is 0 Å². The van der Waals surface area contributed by atoms with Crippen LogP contribution in [-0.4, -0.2) is 0 Å². The van der Waals surface area contributed by atoms with E-state index in [1.165, 1.54) is 11.1 Å². The van der Waals surface area contributed by atoms with E-state index in [0.717, 1.165) is 12.2 Å². The van der Waals surface area contributed by atoms with Crippen molar-refractivity contribution in [1.29, 1.82) is 0 Å². The minimum atomic E-state index is -0.848. The molecule has 0 aromatic heterocycles. The molecule has 0 heterocycles. The van der Waals surface area contributed by atoms with Gasteiger partial charge in [0.05, 0.1) is 0 Å². The molecule has 17 heavy (non-hydrogen) atoms. The molecule has 1 aliphatic carbocycles. The first-order valence-corrected chi connectivity index (χ1v) is 7.35. The molecule has 1 nitrogen and oxygen atoms in total. The summed E-state index contributed by atoms with van der Waals surface area (Å²) in [6, 6.07) is 10.1. The average Bonchev–Trinajstić information content (AvgIpc) is 2.59. The Morgan fingerprint density at radius 1 is 1.06 bits per heavy atom. The molecule has 1 aliphatic rings. The molecule has 4 heteroatoms. The number of para-hydroxylation sites is 1. The summed E-state index contributed by atoms with van der Waals surface area (Å²) in [5, 5.41) is 0. The first kappa shape index (κ1) is 17.0. The van der Waals surface area contributed by atoms with Gasteiger partial charge in [0.25, 0.3) is 0 Å². The first-order valence-electron chi connectivity index (χ1n) is 5.12. The fraction of sp³-hybridized carbons (Fsp3) is 0.231. The minimum Gasteiger partial charge on any atom is -0.147 e. The van der Waals surface area contributed by atoms with Crippen LogP contribution in [-0.2, 0) is 23.7 Å². The van der Waals surface area contributed by atoms with E-state index < -0.39 is 23.7 Å². The number of hydrogen-bond donors (Lipinski definition) is 0. The van der Waals surface area contributed by atoms with Gasteiger partial charge in [-0.25, -0.2) is 0 Å². The minimum absolute atomic E-state index is 0. The number of halogens is 2.